The van der Waals surface area contributed by atoms with Crippen LogP contribution >= 0.6 is 0 Å². The van der Waals surface area contributed by atoms with E-state index in [1.54, 1.807) is 24.3 Å². The predicted molar refractivity (Wildman–Crippen MR) is 78.9 cm³/mol. The van der Waals surface area contributed by atoms with Crippen LogP contribution in [0.1, 0.15) is 18.9 Å². The first-order valence-corrected chi connectivity index (χ1v) is 7.05. The maximum Gasteiger partial charge on any atom is 0.309 e. The molecule has 2 amide bonds. The van der Waals surface area contributed by atoms with Crippen LogP contribution < -0.4 is 10.6 Å². The molecule has 0 aromatic heterocycles. The monoisotopic (exact) mass is 294 g/mol. The number of carbonyl (C=O) groups excluding carboxylic acids is 2. The van der Waals surface area contributed by atoms with Crippen molar-refractivity contribution in [3.05, 3.63) is 29.8 Å². The SMILES string of the molecule is CCOCCCNC(=O)C(=O)NCCc1ccc(O)cc1. The van der Waals surface area contributed by atoms with Crippen LogP contribution in [-0.4, -0.2) is 43.2 Å². The Morgan fingerprint density at radius 1 is 1.10 bits per heavy atom. The fourth-order valence-electron chi connectivity index (χ4n) is 1.66. The van der Waals surface area contributed by atoms with Crippen LogP contribution in [0.25, 0.3) is 0 Å². The van der Waals surface area contributed by atoms with E-state index in [0.29, 0.717) is 39.1 Å². The normalized spacial score (nSPS) is 10.1. The molecule has 0 spiro atoms. The van der Waals surface area contributed by atoms with Gasteiger partial charge in [-0.3, -0.25) is 9.59 Å². The van der Waals surface area contributed by atoms with E-state index in [-0.39, 0.29) is 5.75 Å². The molecular formula is C15H22N2O4. The lowest BCUT2D eigenvalue weighted by Gasteiger charge is -2.07. The summed E-state index contributed by atoms with van der Waals surface area (Å²) in [6, 6.07) is 6.72. The van der Waals surface area contributed by atoms with Crippen LogP contribution in [0.3, 0.4) is 0 Å². The highest BCUT2D eigenvalue weighted by molar-refractivity contribution is 6.35. The van der Waals surface area contributed by atoms with Crippen LogP contribution in [0.4, 0.5) is 0 Å². The van der Waals surface area contributed by atoms with Crippen molar-refractivity contribution in [2.45, 2.75) is 19.8 Å². The van der Waals surface area contributed by atoms with Gasteiger partial charge in [0.05, 0.1) is 0 Å². The largest absolute Gasteiger partial charge is 0.508 e. The van der Waals surface area contributed by atoms with Crippen molar-refractivity contribution in [2.24, 2.45) is 0 Å². The van der Waals surface area contributed by atoms with Crippen LogP contribution in [0, 0.1) is 0 Å². The molecule has 0 aliphatic rings. The lowest BCUT2D eigenvalue weighted by atomic mass is 10.1. The summed E-state index contributed by atoms with van der Waals surface area (Å²) in [6.45, 7) is 3.91. The molecule has 0 aliphatic heterocycles. The fourth-order valence-corrected chi connectivity index (χ4v) is 1.66. The first kappa shape index (κ1) is 17.0. The van der Waals surface area contributed by atoms with Gasteiger partial charge in [-0.1, -0.05) is 12.1 Å². The Kier molecular flexibility index (Phi) is 7.89. The summed E-state index contributed by atoms with van der Waals surface area (Å²) in [5.74, 6) is -1.06. The molecule has 6 heteroatoms. The first-order valence-electron chi connectivity index (χ1n) is 7.05. The van der Waals surface area contributed by atoms with Crippen molar-refractivity contribution in [1.82, 2.24) is 10.6 Å². The highest BCUT2D eigenvalue weighted by Crippen LogP contribution is 2.09. The fraction of sp³-hybridized carbons (Fsp3) is 0.467. The highest BCUT2D eigenvalue weighted by Gasteiger charge is 2.11. The number of ether oxygens (including phenoxy) is 1. The summed E-state index contributed by atoms with van der Waals surface area (Å²) in [7, 11) is 0. The van der Waals surface area contributed by atoms with Gasteiger partial charge in [0.1, 0.15) is 5.75 Å². The molecule has 21 heavy (non-hydrogen) atoms. The van der Waals surface area contributed by atoms with Gasteiger partial charge in [0.2, 0.25) is 0 Å². The molecule has 6 nitrogen and oxygen atoms in total. The van der Waals surface area contributed by atoms with E-state index in [4.69, 9.17) is 9.84 Å². The average Bonchev–Trinajstić information content (AvgIpc) is 2.48. The third-order valence-corrected chi connectivity index (χ3v) is 2.80. The van der Waals surface area contributed by atoms with Crippen molar-refractivity contribution < 1.29 is 19.4 Å². The van der Waals surface area contributed by atoms with E-state index in [1.165, 1.54) is 0 Å². The highest BCUT2D eigenvalue weighted by atomic mass is 16.5. The molecule has 1 rings (SSSR count). The molecule has 1 aromatic rings. The topological polar surface area (TPSA) is 87.7 Å². The summed E-state index contributed by atoms with van der Waals surface area (Å²) < 4.78 is 5.13. The molecule has 116 valence electrons. The smallest absolute Gasteiger partial charge is 0.309 e. The van der Waals surface area contributed by atoms with Gasteiger partial charge in [-0.25, -0.2) is 0 Å². The Balaban J connectivity index is 2.14. The van der Waals surface area contributed by atoms with Gasteiger partial charge in [-0.2, -0.15) is 0 Å². The minimum Gasteiger partial charge on any atom is -0.508 e. The molecule has 0 atom stereocenters. The van der Waals surface area contributed by atoms with E-state index in [9.17, 15) is 9.59 Å². The Morgan fingerprint density at radius 3 is 2.33 bits per heavy atom. The Morgan fingerprint density at radius 2 is 1.71 bits per heavy atom. The van der Waals surface area contributed by atoms with Gasteiger partial charge in [-0.05, 0) is 37.5 Å². The van der Waals surface area contributed by atoms with Crippen molar-refractivity contribution in [2.75, 3.05) is 26.3 Å². The third kappa shape index (κ3) is 7.31. The number of aromatic hydroxyl groups is 1. The van der Waals surface area contributed by atoms with E-state index in [0.717, 1.165) is 5.56 Å². The summed E-state index contributed by atoms with van der Waals surface area (Å²) >= 11 is 0. The van der Waals surface area contributed by atoms with Gasteiger partial charge >= 0.3 is 11.8 Å². The summed E-state index contributed by atoms with van der Waals surface area (Å²) in [5.41, 5.74) is 0.977. The van der Waals surface area contributed by atoms with Crippen molar-refractivity contribution >= 4 is 11.8 Å². The molecule has 1 aromatic carbocycles. The quantitative estimate of drug-likeness (QED) is 0.484. The molecule has 0 saturated heterocycles. The molecule has 0 saturated carbocycles. The van der Waals surface area contributed by atoms with Gasteiger partial charge < -0.3 is 20.5 Å². The first-order chi connectivity index (χ1) is 10.1. The average molecular weight is 294 g/mol. The van der Waals surface area contributed by atoms with Crippen molar-refractivity contribution in [1.29, 1.82) is 0 Å². The van der Waals surface area contributed by atoms with Gasteiger partial charge in [0.15, 0.2) is 0 Å². The molecular weight excluding hydrogens is 272 g/mol. The standard InChI is InChI=1S/C15H22N2O4/c1-2-21-11-3-9-16-14(19)15(20)17-10-8-12-4-6-13(18)7-5-12/h4-7,18H,2-3,8-11H2,1H3,(H,16,19)(H,17,20). The minimum absolute atomic E-state index is 0.203. The Labute approximate surface area is 124 Å². The minimum atomic E-state index is -0.634. The van der Waals surface area contributed by atoms with Crippen LogP contribution in [0.2, 0.25) is 0 Å². The molecule has 0 bridgehead atoms. The van der Waals surface area contributed by atoms with Gasteiger partial charge in [-0.15, -0.1) is 0 Å². The molecule has 0 radical (unpaired) electrons. The van der Waals surface area contributed by atoms with Crippen molar-refractivity contribution in [3.8, 4) is 5.75 Å². The van der Waals surface area contributed by atoms with Gasteiger partial charge in [0, 0.05) is 26.3 Å². The molecule has 0 aliphatic carbocycles. The van der Waals surface area contributed by atoms with E-state index < -0.39 is 11.8 Å². The van der Waals surface area contributed by atoms with Crippen LogP contribution in [-0.2, 0) is 20.7 Å². The Hall–Kier alpha value is -2.08. The van der Waals surface area contributed by atoms with E-state index in [2.05, 4.69) is 10.6 Å². The summed E-state index contributed by atoms with van der Waals surface area (Å²) in [6.07, 6.45) is 1.28. The number of benzene rings is 1. The second-order valence-corrected chi connectivity index (χ2v) is 4.48. The maximum absolute atomic E-state index is 11.5. The molecule has 3 N–H and O–H groups in total. The zero-order valence-corrected chi connectivity index (χ0v) is 12.2. The van der Waals surface area contributed by atoms with Crippen LogP contribution in [0.5, 0.6) is 5.75 Å². The Bertz CT molecular complexity index is 445. The lowest BCUT2D eigenvalue weighted by molar-refractivity contribution is -0.139. The third-order valence-electron chi connectivity index (χ3n) is 2.80. The van der Waals surface area contributed by atoms with Gasteiger partial charge in [0.25, 0.3) is 0 Å². The zero-order chi connectivity index (χ0) is 15.5. The van der Waals surface area contributed by atoms with E-state index >= 15 is 0 Å². The predicted octanol–water partition coefficient (Wildman–Crippen LogP) is 0.594. The number of amides is 2. The zero-order valence-electron chi connectivity index (χ0n) is 12.2. The second-order valence-electron chi connectivity index (χ2n) is 4.48. The number of nitrogens with one attached hydrogen (secondary N) is 2. The van der Waals surface area contributed by atoms with E-state index in [1.807, 2.05) is 6.92 Å². The number of rotatable bonds is 8. The van der Waals surface area contributed by atoms with Crippen molar-refractivity contribution in [3.63, 3.8) is 0 Å². The number of hydrogen-bond donors (Lipinski definition) is 3. The summed E-state index contributed by atoms with van der Waals surface area (Å²) in [4.78, 5) is 23.0. The number of phenolic OH excluding ortho intramolecular Hbond substituents is 1. The number of hydrogen-bond acceptors (Lipinski definition) is 4. The second kappa shape index (κ2) is 9.77. The molecule has 0 heterocycles. The van der Waals surface area contributed by atoms with Crippen LogP contribution in [0.15, 0.2) is 24.3 Å². The number of phenols is 1. The summed E-state index contributed by atoms with van der Waals surface area (Å²) in [5, 5.41) is 14.2. The number of carbonyl (C=O) groups is 2. The molecule has 0 unspecified atom stereocenters. The molecule has 0 fully saturated rings. The lowest BCUT2D eigenvalue weighted by Crippen LogP contribution is -2.41. The maximum atomic E-state index is 11.5.